The molecule has 66 valence electrons. The molecule has 5 heteroatoms. The van der Waals surface area contributed by atoms with Crippen LogP contribution in [0.5, 0.6) is 0 Å². The van der Waals surface area contributed by atoms with E-state index in [1.807, 2.05) is 0 Å². The molecule has 0 aliphatic carbocycles. The van der Waals surface area contributed by atoms with Gasteiger partial charge in [0.1, 0.15) is 5.69 Å². The lowest BCUT2D eigenvalue weighted by atomic mass is 10.2. The largest absolute Gasteiger partial charge is 0.472 e. The van der Waals surface area contributed by atoms with E-state index in [4.69, 9.17) is 10.2 Å². The van der Waals surface area contributed by atoms with E-state index >= 15 is 0 Å². The summed E-state index contributed by atoms with van der Waals surface area (Å²) < 4.78 is 4.87. The van der Waals surface area contributed by atoms with Crippen LogP contribution in [0.2, 0.25) is 0 Å². The molecule has 0 bridgehead atoms. The van der Waals surface area contributed by atoms with Crippen LogP contribution in [0.3, 0.4) is 0 Å². The van der Waals surface area contributed by atoms with Crippen molar-refractivity contribution in [1.82, 2.24) is 10.2 Å². The van der Waals surface area contributed by atoms with Crippen LogP contribution in [0.25, 0.3) is 11.3 Å². The predicted octanol–water partition coefficient (Wildman–Crippen LogP) is 0.769. The SMILES string of the molecule is NC(=O)c1cc(-c2ccoc2)n[nH]1. The first kappa shape index (κ1) is 7.60. The molecule has 0 radical (unpaired) electrons. The number of carbonyl (C=O) groups excluding carboxylic acids is 1. The topological polar surface area (TPSA) is 84.9 Å². The Bertz CT molecular complexity index is 416. The average molecular weight is 177 g/mol. The number of amides is 1. The standard InChI is InChI=1S/C8H7N3O2/c9-8(12)7-3-6(10-11-7)5-1-2-13-4-5/h1-4H,(H2,9,12)(H,10,11). The Balaban J connectivity index is 2.39. The number of hydrogen-bond acceptors (Lipinski definition) is 3. The highest BCUT2D eigenvalue weighted by molar-refractivity contribution is 5.91. The highest BCUT2D eigenvalue weighted by Crippen LogP contribution is 2.17. The molecule has 1 amide bonds. The minimum atomic E-state index is -0.526. The molecule has 2 aromatic rings. The van der Waals surface area contributed by atoms with Crippen LogP contribution in [0.1, 0.15) is 10.5 Å². The van der Waals surface area contributed by atoms with Gasteiger partial charge in [0.15, 0.2) is 0 Å². The van der Waals surface area contributed by atoms with Gasteiger partial charge in [-0.2, -0.15) is 5.10 Å². The maximum absolute atomic E-state index is 10.7. The summed E-state index contributed by atoms with van der Waals surface area (Å²) in [5.74, 6) is -0.526. The van der Waals surface area contributed by atoms with E-state index in [1.165, 1.54) is 6.26 Å². The van der Waals surface area contributed by atoms with Crippen LogP contribution in [0.4, 0.5) is 0 Å². The smallest absolute Gasteiger partial charge is 0.266 e. The summed E-state index contributed by atoms with van der Waals surface area (Å²) in [6.07, 6.45) is 3.08. The van der Waals surface area contributed by atoms with Gasteiger partial charge in [0.25, 0.3) is 5.91 Å². The summed E-state index contributed by atoms with van der Waals surface area (Å²) in [7, 11) is 0. The number of aromatic nitrogens is 2. The van der Waals surface area contributed by atoms with E-state index in [0.717, 1.165) is 5.56 Å². The number of aromatic amines is 1. The van der Waals surface area contributed by atoms with E-state index < -0.39 is 5.91 Å². The van der Waals surface area contributed by atoms with Crippen molar-refractivity contribution in [1.29, 1.82) is 0 Å². The van der Waals surface area contributed by atoms with Crippen molar-refractivity contribution in [2.45, 2.75) is 0 Å². The molecule has 13 heavy (non-hydrogen) atoms. The second-order valence-electron chi connectivity index (χ2n) is 2.54. The zero-order valence-corrected chi connectivity index (χ0v) is 6.65. The molecule has 3 N–H and O–H groups in total. The lowest BCUT2D eigenvalue weighted by molar-refractivity contribution is 0.0995. The number of hydrogen-bond donors (Lipinski definition) is 2. The Hall–Kier alpha value is -2.04. The molecule has 0 atom stereocenters. The first-order chi connectivity index (χ1) is 6.27. The molecule has 0 saturated heterocycles. The van der Waals surface area contributed by atoms with Gasteiger partial charge in [-0.05, 0) is 12.1 Å². The Morgan fingerprint density at radius 2 is 2.46 bits per heavy atom. The van der Waals surface area contributed by atoms with Crippen molar-refractivity contribution in [3.05, 3.63) is 30.4 Å². The first-order valence-corrected chi connectivity index (χ1v) is 3.65. The van der Waals surface area contributed by atoms with Gasteiger partial charge in [-0.15, -0.1) is 0 Å². The third-order valence-electron chi connectivity index (χ3n) is 1.66. The number of rotatable bonds is 2. The van der Waals surface area contributed by atoms with E-state index in [2.05, 4.69) is 10.2 Å². The molecule has 0 aromatic carbocycles. The van der Waals surface area contributed by atoms with E-state index in [-0.39, 0.29) is 5.69 Å². The fourth-order valence-corrected chi connectivity index (χ4v) is 1.01. The van der Waals surface area contributed by atoms with Gasteiger partial charge >= 0.3 is 0 Å². The molecule has 2 heterocycles. The highest BCUT2D eigenvalue weighted by Gasteiger charge is 2.07. The summed E-state index contributed by atoms with van der Waals surface area (Å²) in [5.41, 5.74) is 6.79. The molecule has 2 aromatic heterocycles. The lowest BCUT2D eigenvalue weighted by Gasteiger charge is -1.83. The summed E-state index contributed by atoms with van der Waals surface area (Å²) in [6, 6.07) is 3.33. The van der Waals surface area contributed by atoms with Gasteiger partial charge in [0.05, 0.1) is 18.2 Å². The van der Waals surface area contributed by atoms with Gasteiger partial charge in [0, 0.05) is 5.56 Å². The second-order valence-corrected chi connectivity index (χ2v) is 2.54. The Labute approximate surface area is 73.5 Å². The van der Waals surface area contributed by atoms with Gasteiger partial charge in [-0.1, -0.05) is 0 Å². The van der Waals surface area contributed by atoms with E-state index in [9.17, 15) is 4.79 Å². The van der Waals surface area contributed by atoms with Crippen molar-refractivity contribution >= 4 is 5.91 Å². The molecular weight excluding hydrogens is 170 g/mol. The fraction of sp³-hybridized carbons (Fsp3) is 0. The number of nitrogens with one attached hydrogen (secondary N) is 1. The van der Waals surface area contributed by atoms with Crippen molar-refractivity contribution in [2.75, 3.05) is 0 Å². The highest BCUT2D eigenvalue weighted by atomic mass is 16.3. The lowest BCUT2D eigenvalue weighted by Crippen LogP contribution is -2.10. The summed E-state index contributed by atoms with van der Waals surface area (Å²) in [6.45, 7) is 0. The molecule has 0 aliphatic heterocycles. The molecule has 0 spiro atoms. The normalized spacial score (nSPS) is 10.2. The number of H-pyrrole nitrogens is 1. The maximum Gasteiger partial charge on any atom is 0.266 e. The Morgan fingerprint density at radius 3 is 3.00 bits per heavy atom. The van der Waals surface area contributed by atoms with Crippen LogP contribution in [0, 0.1) is 0 Å². The molecular formula is C8H7N3O2. The summed E-state index contributed by atoms with van der Waals surface area (Å²) >= 11 is 0. The van der Waals surface area contributed by atoms with Crippen molar-refractivity contribution < 1.29 is 9.21 Å². The molecule has 2 rings (SSSR count). The Morgan fingerprint density at radius 1 is 1.62 bits per heavy atom. The fourth-order valence-electron chi connectivity index (χ4n) is 1.01. The number of furan rings is 1. The van der Waals surface area contributed by atoms with E-state index in [0.29, 0.717) is 5.69 Å². The maximum atomic E-state index is 10.7. The van der Waals surface area contributed by atoms with Crippen LogP contribution in [0.15, 0.2) is 29.1 Å². The molecule has 0 fully saturated rings. The van der Waals surface area contributed by atoms with Gasteiger partial charge in [-0.25, -0.2) is 0 Å². The van der Waals surface area contributed by atoms with Gasteiger partial charge in [0.2, 0.25) is 0 Å². The van der Waals surface area contributed by atoms with Gasteiger partial charge in [-0.3, -0.25) is 9.89 Å². The second kappa shape index (κ2) is 2.78. The van der Waals surface area contributed by atoms with Crippen LogP contribution < -0.4 is 5.73 Å². The van der Waals surface area contributed by atoms with Gasteiger partial charge < -0.3 is 10.2 Å². The minimum Gasteiger partial charge on any atom is -0.472 e. The molecule has 0 unspecified atom stereocenters. The van der Waals surface area contributed by atoms with Crippen molar-refractivity contribution in [3.8, 4) is 11.3 Å². The monoisotopic (exact) mass is 177 g/mol. The van der Waals surface area contributed by atoms with Crippen molar-refractivity contribution in [3.63, 3.8) is 0 Å². The molecule has 0 saturated carbocycles. The van der Waals surface area contributed by atoms with Crippen LogP contribution >= 0.6 is 0 Å². The Kier molecular flexibility index (Phi) is 1.63. The quantitative estimate of drug-likeness (QED) is 0.710. The molecule has 0 aliphatic rings. The first-order valence-electron chi connectivity index (χ1n) is 3.65. The third-order valence-corrected chi connectivity index (χ3v) is 1.66. The zero-order chi connectivity index (χ0) is 9.26. The number of nitrogens with zero attached hydrogens (tertiary/aromatic N) is 1. The number of carbonyl (C=O) groups is 1. The van der Waals surface area contributed by atoms with Crippen molar-refractivity contribution in [2.24, 2.45) is 5.73 Å². The zero-order valence-electron chi connectivity index (χ0n) is 6.65. The summed E-state index contributed by atoms with van der Waals surface area (Å²) in [5, 5.41) is 6.42. The summed E-state index contributed by atoms with van der Waals surface area (Å²) in [4.78, 5) is 10.7. The third kappa shape index (κ3) is 1.31. The number of nitrogens with two attached hydrogens (primary N) is 1. The average Bonchev–Trinajstić information content (AvgIpc) is 2.75. The van der Waals surface area contributed by atoms with Crippen LogP contribution in [-0.2, 0) is 0 Å². The number of primary amides is 1. The minimum absolute atomic E-state index is 0.288. The molecule has 5 nitrogen and oxygen atoms in total. The van der Waals surface area contributed by atoms with Crippen LogP contribution in [-0.4, -0.2) is 16.1 Å². The predicted molar refractivity (Wildman–Crippen MR) is 44.8 cm³/mol. The van der Waals surface area contributed by atoms with E-state index in [1.54, 1.807) is 18.4 Å².